The number of halogens is 1. The molecule has 2 saturated heterocycles. The van der Waals surface area contributed by atoms with Gasteiger partial charge in [-0.3, -0.25) is 9.69 Å². The van der Waals surface area contributed by atoms with Crippen molar-refractivity contribution in [2.24, 2.45) is 0 Å². The van der Waals surface area contributed by atoms with Crippen molar-refractivity contribution < 1.29 is 4.79 Å². The molecular weight excluding hydrogens is 308 g/mol. The number of carbonyl (C=O) groups is 1. The summed E-state index contributed by atoms with van der Waals surface area (Å²) in [6.45, 7) is 4.82. The number of carbonyl (C=O) groups excluding carboxylic acids is 1. The van der Waals surface area contributed by atoms with Crippen LogP contribution in [-0.4, -0.2) is 47.4 Å². The quantitative estimate of drug-likeness (QED) is 0.840. The molecule has 3 nitrogen and oxygen atoms in total. The molecule has 2 fully saturated rings. The zero-order valence-electron chi connectivity index (χ0n) is 13.9. The van der Waals surface area contributed by atoms with E-state index in [4.69, 9.17) is 0 Å². The minimum absolute atomic E-state index is 0. The molecule has 0 N–H and O–H groups in total. The maximum Gasteiger partial charge on any atom is 0.222 e. The lowest BCUT2D eigenvalue weighted by atomic mass is 10.1. The van der Waals surface area contributed by atoms with Crippen LogP contribution in [0.2, 0.25) is 0 Å². The van der Waals surface area contributed by atoms with Gasteiger partial charge in [0.25, 0.3) is 0 Å². The predicted molar refractivity (Wildman–Crippen MR) is 97.7 cm³/mol. The molecule has 2 bridgehead atoms. The standard InChI is InChI=1S/C19H26N2O.ClH/c1-2-19(22)20-14-12-17-10-11-18(15-20)21(17)13-6-9-16-7-4-3-5-8-16;/h3-9,17-18H,2,10-15H2,1H3;1H/b9-6+;. The van der Waals surface area contributed by atoms with Crippen molar-refractivity contribution in [2.45, 2.75) is 44.7 Å². The molecule has 4 heteroatoms. The van der Waals surface area contributed by atoms with Gasteiger partial charge in [0.15, 0.2) is 0 Å². The number of amides is 1. The van der Waals surface area contributed by atoms with Crippen molar-refractivity contribution >= 4 is 24.4 Å². The second-order valence-electron chi connectivity index (χ2n) is 6.38. The van der Waals surface area contributed by atoms with E-state index in [1.165, 1.54) is 18.4 Å². The zero-order valence-corrected chi connectivity index (χ0v) is 14.7. The van der Waals surface area contributed by atoms with Crippen LogP contribution in [0.5, 0.6) is 0 Å². The Morgan fingerprint density at radius 1 is 1.17 bits per heavy atom. The Kier molecular flexibility index (Phi) is 6.67. The summed E-state index contributed by atoms with van der Waals surface area (Å²) in [5.41, 5.74) is 1.26. The van der Waals surface area contributed by atoms with Crippen LogP contribution in [0.25, 0.3) is 6.08 Å². The van der Waals surface area contributed by atoms with Gasteiger partial charge in [-0.15, -0.1) is 12.4 Å². The fourth-order valence-electron chi connectivity index (χ4n) is 3.79. The van der Waals surface area contributed by atoms with Gasteiger partial charge in [-0.2, -0.15) is 0 Å². The van der Waals surface area contributed by atoms with Crippen LogP contribution >= 0.6 is 12.4 Å². The number of benzene rings is 1. The Morgan fingerprint density at radius 3 is 2.65 bits per heavy atom. The maximum absolute atomic E-state index is 12.0. The van der Waals surface area contributed by atoms with Crippen molar-refractivity contribution in [2.75, 3.05) is 19.6 Å². The Bertz CT molecular complexity index is 531. The van der Waals surface area contributed by atoms with Crippen LogP contribution in [0.4, 0.5) is 0 Å². The molecule has 3 rings (SSSR count). The first-order valence-corrected chi connectivity index (χ1v) is 8.53. The number of nitrogens with zero attached hydrogens (tertiary/aromatic N) is 2. The summed E-state index contributed by atoms with van der Waals surface area (Å²) in [5.74, 6) is 0.312. The molecule has 0 spiro atoms. The Balaban J connectivity index is 0.00000192. The van der Waals surface area contributed by atoms with E-state index in [1.807, 2.05) is 13.0 Å². The van der Waals surface area contributed by atoms with Gasteiger partial charge in [0.05, 0.1) is 0 Å². The minimum atomic E-state index is 0. The highest BCUT2D eigenvalue weighted by Crippen LogP contribution is 2.30. The van der Waals surface area contributed by atoms with E-state index in [9.17, 15) is 4.79 Å². The van der Waals surface area contributed by atoms with Crippen molar-refractivity contribution in [3.05, 3.63) is 42.0 Å². The molecule has 0 aromatic heterocycles. The zero-order chi connectivity index (χ0) is 15.4. The SMILES string of the molecule is CCC(=O)N1CCC2CCC(C1)N2C/C=C/c1ccccc1.Cl. The van der Waals surface area contributed by atoms with Crippen molar-refractivity contribution in [1.29, 1.82) is 0 Å². The van der Waals surface area contributed by atoms with Crippen molar-refractivity contribution in [3.8, 4) is 0 Å². The molecule has 0 aliphatic carbocycles. The highest BCUT2D eigenvalue weighted by atomic mass is 35.5. The van der Waals surface area contributed by atoms with Crippen LogP contribution < -0.4 is 0 Å². The third kappa shape index (κ3) is 4.36. The lowest BCUT2D eigenvalue weighted by Crippen LogP contribution is -2.41. The number of rotatable bonds is 4. The summed E-state index contributed by atoms with van der Waals surface area (Å²) in [6, 6.07) is 11.7. The van der Waals surface area contributed by atoms with Crippen LogP contribution in [0.3, 0.4) is 0 Å². The normalized spacial score (nSPS) is 24.5. The lowest BCUT2D eigenvalue weighted by Gasteiger charge is -2.27. The van der Waals surface area contributed by atoms with Crippen LogP contribution in [-0.2, 0) is 4.79 Å². The van der Waals surface area contributed by atoms with Crippen molar-refractivity contribution in [3.63, 3.8) is 0 Å². The Labute approximate surface area is 145 Å². The smallest absolute Gasteiger partial charge is 0.222 e. The van der Waals surface area contributed by atoms with E-state index < -0.39 is 0 Å². The summed E-state index contributed by atoms with van der Waals surface area (Å²) >= 11 is 0. The molecular formula is C19H27ClN2O. The second kappa shape index (κ2) is 8.51. The molecule has 1 amide bonds. The van der Waals surface area contributed by atoms with E-state index >= 15 is 0 Å². The van der Waals surface area contributed by atoms with Gasteiger partial charge in [-0.25, -0.2) is 0 Å². The summed E-state index contributed by atoms with van der Waals surface area (Å²) < 4.78 is 0. The molecule has 2 aliphatic heterocycles. The molecule has 2 aliphatic rings. The fraction of sp³-hybridized carbons (Fsp3) is 0.526. The van der Waals surface area contributed by atoms with Gasteiger partial charge in [-0.05, 0) is 24.8 Å². The van der Waals surface area contributed by atoms with E-state index in [2.05, 4.69) is 46.2 Å². The summed E-state index contributed by atoms with van der Waals surface area (Å²) in [6.07, 6.45) is 8.76. The third-order valence-corrected chi connectivity index (χ3v) is 5.02. The Morgan fingerprint density at radius 2 is 1.91 bits per heavy atom. The first kappa shape index (κ1) is 18.0. The van der Waals surface area contributed by atoms with E-state index in [0.29, 0.717) is 24.4 Å². The molecule has 126 valence electrons. The van der Waals surface area contributed by atoms with Gasteiger partial charge in [-0.1, -0.05) is 49.4 Å². The topological polar surface area (TPSA) is 23.6 Å². The lowest BCUT2D eigenvalue weighted by molar-refractivity contribution is -0.131. The second-order valence-corrected chi connectivity index (χ2v) is 6.38. The molecule has 0 radical (unpaired) electrons. The minimum Gasteiger partial charge on any atom is -0.341 e. The average molecular weight is 335 g/mol. The molecule has 2 unspecified atom stereocenters. The van der Waals surface area contributed by atoms with Gasteiger partial charge in [0.2, 0.25) is 5.91 Å². The number of hydrogen-bond donors (Lipinski definition) is 0. The number of likely N-dealkylation sites (tertiary alicyclic amines) is 1. The monoisotopic (exact) mass is 334 g/mol. The Hall–Kier alpha value is -1.32. The van der Waals surface area contributed by atoms with E-state index in [-0.39, 0.29) is 12.4 Å². The van der Waals surface area contributed by atoms with Gasteiger partial charge in [0.1, 0.15) is 0 Å². The van der Waals surface area contributed by atoms with Gasteiger partial charge < -0.3 is 4.90 Å². The van der Waals surface area contributed by atoms with Gasteiger partial charge >= 0.3 is 0 Å². The van der Waals surface area contributed by atoms with Gasteiger partial charge in [0, 0.05) is 38.1 Å². The first-order chi connectivity index (χ1) is 10.8. The van der Waals surface area contributed by atoms with E-state index in [1.54, 1.807) is 0 Å². The van der Waals surface area contributed by atoms with E-state index in [0.717, 1.165) is 26.1 Å². The molecule has 2 atom stereocenters. The number of fused-ring (bicyclic) bond motifs is 2. The fourth-order valence-corrected chi connectivity index (χ4v) is 3.79. The molecule has 1 aromatic rings. The average Bonchev–Trinajstić information content (AvgIpc) is 2.82. The van der Waals surface area contributed by atoms with Crippen LogP contribution in [0, 0.1) is 0 Å². The van der Waals surface area contributed by atoms with Crippen LogP contribution in [0.15, 0.2) is 36.4 Å². The molecule has 0 saturated carbocycles. The maximum atomic E-state index is 12.0. The number of hydrogen-bond acceptors (Lipinski definition) is 2. The van der Waals surface area contributed by atoms with Crippen LogP contribution in [0.1, 0.15) is 38.2 Å². The summed E-state index contributed by atoms with van der Waals surface area (Å²) in [7, 11) is 0. The molecule has 23 heavy (non-hydrogen) atoms. The molecule has 1 aromatic carbocycles. The first-order valence-electron chi connectivity index (χ1n) is 8.53. The third-order valence-electron chi connectivity index (χ3n) is 5.02. The molecule has 2 heterocycles. The summed E-state index contributed by atoms with van der Waals surface area (Å²) in [5, 5.41) is 0. The summed E-state index contributed by atoms with van der Waals surface area (Å²) in [4.78, 5) is 16.7. The van der Waals surface area contributed by atoms with Crippen molar-refractivity contribution in [1.82, 2.24) is 9.80 Å². The largest absolute Gasteiger partial charge is 0.341 e. The highest BCUT2D eigenvalue weighted by molar-refractivity contribution is 5.85. The predicted octanol–water partition coefficient (Wildman–Crippen LogP) is 3.60. The highest BCUT2D eigenvalue weighted by Gasteiger charge is 2.37.